The van der Waals surface area contributed by atoms with Gasteiger partial charge in [-0.3, -0.25) is 0 Å². The van der Waals surface area contributed by atoms with E-state index in [-0.39, 0.29) is 19.8 Å². The zero-order valence-electron chi connectivity index (χ0n) is 10.9. The van der Waals surface area contributed by atoms with Gasteiger partial charge in [-0.05, 0) is 6.42 Å². The Balaban J connectivity index is 0. The second-order valence-electron chi connectivity index (χ2n) is 3.46. The summed E-state index contributed by atoms with van der Waals surface area (Å²) in [6, 6.07) is 0. The van der Waals surface area contributed by atoms with E-state index in [9.17, 15) is 0 Å². The van der Waals surface area contributed by atoms with E-state index in [0.717, 1.165) is 13.0 Å². The van der Waals surface area contributed by atoms with Gasteiger partial charge in [0.25, 0.3) is 0 Å². The predicted octanol–water partition coefficient (Wildman–Crippen LogP) is 0.563. The number of aliphatic hydroxyl groups excluding tert-OH is 3. The molecule has 0 saturated heterocycles. The molecule has 5 heteroatoms. The number of hydrogen-bond acceptors (Lipinski definition) is 5. The molecular formula is C12H28O5. The summed E-state index contributed by atoms with van der Waals surface area (Å²) in [7, 11) is 0. The Morgan fingerprint density at radius 2 is 1.24 bits per heavy atom. The Morgan fingerprint density at radius 3 is 1.71 bits per heavy atom. The second-order valence-corrected chi connectivity index (χ2v) is 3.46. The van der Waals surface area contributed by atoms with Crippen LogP contribution in [-0.2, 0) is 9.47 Å². The second kappa shape index (κ2) is 21.1. The van der Waals surface area contributed by atoms with Crippen molar-refractivity contribution in [3.63, 3.8) is 0 Å². The molecule has 0 aliphatic rings. The predicted molar refractivity (Wildman–Crippen MR) is 67.0 cm³/mol. The van der Waals surface area contributed by atoms with Crippen LogP contribution in [0.3, 0.4) is 0 Å². The van der Waals surface area contributed by atoms with Gasteiger partial charge in [-0.25, -0.2) is 0 Å². The van der Waals surface area contributed by atoms with E-state index < -0.39 is 0 Å². The van der Waals surface area contributed by atoms with Crippen molar-refractivity contribution in [1.82, 2.24) is 0 Å². The van der Waals surface area contributed by atoms with Crippen LogP contribution in [0, 0.1) is 0 Å². The van der Waals surface area contributed by atoms with E-state index >= 15 is 0 Å². The maximum Gasteiger partial charge on any atom is 0.0701 e. The van der Waals surface area contributed by atoms with Crippen molar-refractivity contribution in [2.24, 2.45) is 0 Å². The smallest absolute Gasteiger partial charge is 0.0701 e. The third-order valence-corrected chi connectivity index (χ3v) is 1.85. The van der Waals surface area contributed by atoms with Crippen LogP contribution in [0.15, 0.2) is 0 Å². The van der Waals surface area contributed by atoms with Crippen molar-refractivity contribution >= 4 is 0 Å². The maximum absolute atomic E-state index is 8.40. The summed E-state index contributed by atoms with van der Waals surface area (Å²) >= 11 is 0. The van der Waals surface area contributed by atoms with Gasteiger partial charge >= 0.3 is 0 Å². The zero-order valence-corrected chi connectivity index (χ0v) is 10.9. The summed E-state index contributed by atoms with van der Waals surface area (Å²) < 4.78 is 10.4. The third-order valence-electron chi connectivity index (χ3n) is 1.85. The van der Waals surface area contributed by atoms with Crippen molar-refractivity contribution in [3.05, 3.63) is 0 Å². The van der Waals surface area contributed by atoms with Gasteiger partial charge in [0, 0.05) is 6.61 Å². The summed E-state index contributed by atoms with van der Waals surface area (Å²) in [5, 5.41) is 23.7. The topological polar surface area (TPSA) is 79.2 Å². The molecule has 5 nitrogen and oxygen atoms in total. The van der Waals surface area contributed by atoms with Crippen LogP contribution in [-0.4, -0.2) is 61.6 Å². The quantitative estimate of drug-likeness (QED) is 0.468. The molecule has 0 aliphatic heterocycles. The van der Waals surface area contributed by atoms with Gasteiger partial charge in [0.15, 0.2) is 0 Å². The molecule has 3 N–H and O–H groups in total. The lowest BCUT2D eigenvalue weighted by Gasteiger charge is -2.04. The molecule has 0 heterocycles. The summed E-state index contributed by atoms with van der Waals surface area (Å²) in [6.45, 7) is 4.53. The number of hydrogen-bond donors (Lipinski definition) is 3. The Morgan fingerprint density at radius 1 is 0.647 bits per heavy atom. The Hall–Kier alpha value is -0.200. The average molecular weight is 252 g/mol. The fourth-order valence-corrected chi connectivity index (χ4v) is 1.02. The first-order valence-electron chi connectivity index (χ1n) is 6.31. The Labute approximate surface area is 104 Å². The normalized spacial score (nSPS) is 9.88. The first-order valence-corrected chi connectivity index (χ1v) is 6.31. The van der Waals surface area contributed by atoms with Gasteiger partial charge in [0.1, 0.15) is 0 Å². The molecule has 0 spiro atoms. The molecule has 0 aromatic carbocycles. The minimum Gasteiger partial charge on any atom is -0.394 e. The lowest BCUT2D eigenvalue weighted by Crippen LogP contribution is -2.07. The molecular weight excluding hydrogens is 224 g/mol. The molecule has 0 amide bonds. The standard InChI is InChI=1S/C10H22O3.C2H6O2/c1-2-3-4-5-7-12-9-10-13-8-6-11;3-1-2-4/h11H,2-10H2,1H3;3-4H,1-2H2. The van der Waals surface area contributed by atoms with Crippen LogP contribution < -0.4 is 0 Å². The molecule has 0 unspecified atom stereocenters. The molecule has 17 heavy (non-hydrogen) atoms. The molecule has 0 saturated carbocycles. The molecule has 0 fully saturated rings. The third kappa shape index (κ3) is 25.8. The highest BCUT2D eigenvalue weighted by Crippen LogP contribution is 1.98. The van der Waals surface area contributed by atoms with E-state index in [4.69, 9.17) is 24.8 Å². The summed E-state index contributed by atoms with van der Waals surface area (Å²) in [6.07, 6.45) is 4.96. The van der Waals surface area contributed by atoms with Gasteiger partial charge in [-0.1, -0.05) is 26.2 Å². The van der Waals surface area contributed by atoms with Gasteiger partial charge < -0.3 is 24.8 Å². The molecule has 0 rings (SSSR count). The van der Waals surface area contributed by atoms with Crippen molar-refractivity contribution in [2.75, 3.05) is 46.2 Å². The van der Waals surface area contributed by atoms with Gasteiger partial charge in [0.05, 0.1) is 39.6 Å². The minimum atomic E-state index is -0.125. The molecule has 0 aliphatic carbocycles. The summed E-state index contributed by atoms with van der Waals surface area (Å²) in [4.78, 5) is 0. The monoisotopic (exact) mass is 252 g/mol. The van der Waals surface area contributed by atoms with Crippen LogP contribution >= 0.6 is 0 Å². The molecule has 0 aromatic rings. The fourth-order valence-electron chi connectivity index (χ4n) is 1.02. The highest BCUT2D eigenvalue weighted by atomic mass is 16.5. The lowest BCUT2D eigenvalue weighted by atomic mass is 10.2. The van der Waals surface area contributed by atoms with Crippen LogP contribution in [0.4, 0.5) is 0 Å². The molecule has 0 aromatic heterocycles. The zero-order chi connectivity index (χ0) is 13.2. The largest absolute Gasteiger partial charge is 0.394 e. The van der Waals surface area contributed by atoms with Crippen LogP contribution in [0.1, 0.15) is 32.6 Å². The molecule has 0 bridgehead atoms. The summed E-state index contributed by atoms with van der Waals surface area (Å²) in [5.41, 5.74) is 0. The average Bonchev–Trinajstić information content (AvgIpc) is 2.37. The first-order chi connectivity index (χ1) is 8.33. The number of unbranched alkanes of at least 4 members (excludes halogenated alkanes) is 3. The Kier molecular flexibility index (Phi) is 23.8. The van der Waals surface area contributed by atoms with Crippen molar-refractivity contribution in [1.29, 1.82) is 0 Å². The number of rotatable bonds is 11. The molecule has 0 atom stereocenters. The van der Waals surface area contributed by atoms with Gasteiger partial charge in [-0.2, -0.15) is 0 Å². The highest BCUT2D eigenvalue weighted by molar-refractivity contribution is 4.39. The first kappa shape index (κ1) is 19.1. The number of ether oxygens (including phenoxy) is 2. The van der Waals surface area contributed by atoms with E-state index in [1.807, 2.05) is 0 Å². The van der Waals surface area contributed by atoms with Gasteiger partial charge in [0.2, 0.25) is 0 Å². The van der Waals surface area contributed by atoms with Crippen LogP contribution in [0.25, 0.3) is 0 Å². The van der Waals surface area contributed by atoms with Crippen molar-refractivity contribution < 1.29 is 24.8 Å². The molecule has 106 valence electrons. The fraction of sp³-hybridized carbons (Fsp3) is 1.00. The van der Waals surface area contributed by atoms with Crippen molar-refractivity contribution in [3.8, 4) is 0 Å². The van der Waals surface area contributed by atoms with Gasteiger partial charge in [-0.15, -0.1) is 0 Å². The van der Waals surface area contributed by atoms with E-state index in [0.29, 0.717) is 19.8 Å². The lowest BCUT2D eigenvalue weighted by molar-refractivity contribution is 0.0321. The van der Waals surface area contributed by atoms with E-state index in [2.05, 4.69) is 6.92 Å². The highest BCUT2D eigenvalue weighted by Gasteiger charge is 1.90. The Bertz CT molecular complexity index is 99.1. The SMILES string of the molecule is CCCCCCOCCOCCO.OCCO. The maximum atomic E-state index is 8.40. The van der Waals surface area contributed by atoms with Crippen molar-refractivity contribution in [2.45, 2.75) is 32.6 Å². The van der Waals surface area contributed by atoms with E-state index in [1.165, 1.54) is 19.3 Å². The van der Waals surface area contributed by atoms with Crippen LogP contribution in [0.2, 0.25) is 0 Å². The summed E-state index contributed by atoms with van der Waals surface area (Å²) in [5.74, 6) is 0. The minimum absolute atomic E-state index is 0.0938. The number of aliphatic hydroxyl groups is 3. The van der Waals surface area contributed by atoms with Crippen LogP contribution in [0.5, 0.6) is 0 Å². The molecule has 0 radical (unpaired) electrons. The van der Waals surface area contributed by atoms with E-state index in [1.54, 1.807) is 0 Å².